The van der Waals surface area contributed by atoms with Crippen molar-refractivity contribution in [2.45, 2.75) is 0 Å². The minimum Gasteiger partial charge on any atom is -0.322 e. The Balaban J connectivity index is 1.76. The van der Waals surface area contributed by atoms with E-state index >= 15 is 0 Å². The van der Waals surface area contributed by atoms with Gasteiger partial charge in [0, 0.05) is 23.8 Å². The fourth-order valence-corrected chi connectivity index (χ4v) is 4.62. The fraction of sp³-hybridized carbons (Fsp3) is 0. The van der Waals surface area contributed by atoms with Crippen LogP contribution in [0.2, 0.25) is 0 Å². The molecule has 0 spiro atoms. The molecule has 1 aromatic carbocycles. The van der Waals surface area contributed by atoms with Crippen LogP contribution >= 0.6 is 43.2 Å². The van der Waals surface area contributed by atoms with Crippen molar-refractivity contribution in [1.29, 1.82) is 0 Å². The third-order valence-corrected chi connectivity index (χ3v) is 5.17. The van der Waals surface area contributed by atoms with Crippen molar-refractivity contribution in [2.24, 2.45) is 0 Å². The maximum Gasteiger partial charge on any atom is 0.257 e. The molecular formula is C14H9Br2N3OS. The molecule has 1 N–H and O–H groups in total. The van der Waals surface area contributed by atoms with Crippen LogP contribution < -0.4 is 5.32 Å². The molecule has 2 heterocycles. The van der Waals surface area contributed by atoms with E-state index in [-0.39, 0.29) is 5.91 Å². The van der Waals surface area contributed by atoms with Crippen LogP contribution in [0.25, 0.3) is 5.69 Å². The molecule has 0 atom stereocenters. The molecule has 4 nitrogen and oxygen atoms in total. The Labute approximate surface area is 142 Å². The number of hydrogen-bond donors (Lipinski definition) is 1. The molecule has 0 unspecified atom stereocenters. The molecule has 3 rings (SSSR count). The highest BCUT2D eigenvalue weighted by Gasteiger charge is 2.13. The lowest BCUT2D eigenvalue weighted by atomic mass is 10.2. The van der Waals surface area contributed by atoms with E-state index in [9.17, 15) is 4.79 Å². The molecular weight excluding hydrogens is 418 g/mol. The van der Waals surface area contributed by atoms with Crippen LogP contribution in [0.5, 0.6) is 0 Å². The number of nitrogens with zero attached hydrogens (tertiary/aromatic N) is 2. The number of rotatable bonds is 3. The van der Waals surface area contributed by atoms with Gasteiger partial charge in [0.15, 0.2) is 0 Å². The molecule has 0 aliphatic rings. The Kier molecular flexibility index (Phi) is 4.23. The second-order valence-electron chi connectivity index (χ2n) is 4.21. The van der Waals surface area contributed by atoms with Crippen LogP contribution in [-0.4, -0.2) is 15.5 Å². The molecule has 2 aromatic heterocycles. The Morgan fingerprint density at radius 1 is 1.24 bits per heavy atom. The SMILES string of the molecule is O=C(Nc1ccc(-n2ccnc2)cc1)c1cc(Br)sc1Br. The summed E-state index contributed by atoms with van der Waals surface area (Å²) in [4.78, 5) is 16.2. The molecule has 7 heteroatoms. The number of halogens is 2. The van der Waals surface area contributed by atoms with Gasteiger partial charge in [0.1, 0.15) is 0 Å². The molecule has 0 fully saturated rings. The highest BCUT2D eigenvalue weighted by molar-refractivity contribution is 9.12. The van der Waals surface area contributed by atoms with Gasteiger partial charge in [0.2, 0.25) is 0 Å². The first-order chi connectivity index (χ1) is 10.1. The summed E-state index contributed by atoms with van der Waals surface area (Å²) in [6.07, 6.45) is 5.32. The molecule has 1 amide bonds. The summed E-state index contributed by atoms with van der Waals surface area (Å²) in [6, 6.07) is 9.38. The van der Waals surface area contributed by atoms with E-state index in [4.69, 9.17) is 0 Å². The maximum atomic E-state index is 12.2. The number of hydrogen-bond acceptors (Lipinski definition) is 3. The van der Waals surface area contributed by atoms with Crippen LogP contribution in [0.3, 0.4) is 0 Å². The number of anilines is 1. The van der Waals surface area contributed by atoms with Crippen LogP contribution in [0, 0.1) is 0 Å². The van der Waals surface area contributed by atoms with Gasteiger partial charge in [-0.05, 0) is 62.2 Å². The van der Waals surface area contributed by atoms with Crippen LogP contribution in [0.4, 0.5) is 5.69 Å². The van der Waals surface area contributed by atoms with Gasteiger partial charge in [0.05, 0.1) is 19.5 Å². The first-order valence-electron chi connectivity index (χ1n) is 5.98. The number of thiophene rings is 1. The first-order valence-corrected chi connectivity index (χ1v) is 8.38. The molecule has 21 heavy (non-hydrogen) atoms. The van der Waals surface area contributed by atoms with Crippen molar-refractivity contribution in [1.82, 2.24) is 9.55 Å². The molecule has 0 saturated heterocycles. The van der Waals surface area contributed by atoms with Gasteiger partial charge in [-0.2, -0.15) is 0 Å². The summed E-state index contributed by atoms with van der Waals surface area (Å²) in [6.45, 7) is 0. The Morgan fingerprint density at radius 3 is 2.57 bits per heavy atom. The van der Waals surface area contributed by atoms with E-state index in [1.165, 1.54) is 11.3 Å². The molecule has 0 aliphatic carbocycles. The van der Waals surface area contributed by atoms with Gasteiger partial charge in [-0.1, -0.05) is 0 Å². The van der Waals surface area contributed by atoms with E-state index in [2.05, 4.69) is 42.2 Å². The van der Waals surface area contributed by atoms with Gasteiger partial charge in [-0.15, -0.1) is 11.3 Å². The minimum atomic E-state index is -0.140. The lowest BCUT2D eigenvalue weighted by Gasteiger charge is -2.06. The third-order valence-electron chi connectivity index (χ3n) is 2.83. The van der Waals surface area contributed by atoms with E-state index in [1.54, 1.807) is 18.6 Å². The zero-order valence-corrected chi connectivity index (χ0v) is 14.6. The number of carbonyl (C=O) groups excluding carboxylic acids is 1. The predicted molar refractivity (Wildman–Crippen MR) is 91.2 cm³/mol. The Bertz CT molecular complexity index is 766. The van der Waals surface area contributed by atoms with Gasteiger partial charge in [-0.3, -0.25) is 4.79 Å². The van der Waals surface area contributed by atoms with E-state index in [1.807, 2.05) is 35.0 Å². The third kappa shape index (κ3) is 3.25. The molecule has 0 saturated carbocycles. The van der Waals surface area contributed by atoms with Gasteiger partial charge in [0.25, 0.3) is 5.91 Å². The summed E-state index contributed by atoms with van der Waals surface area (Å²) in [5.41, 5.74) is 2.36. The van der Waals surface area contributed by atoms with E-state index < -0.39 is 0 Å². The lowest BCUT2D eigenvalue weighted by molar-refractivity contribution is 0.102. The van der Waals surface area contributed by atoms with Crippen molar-refractivity contribution in [3.63, 3.8) is 0 Å². The number of imidazole rings is 1. The van der Waals surface area contributed by atoms with Crippen molar-refractivity contribution in [2.75, 3.05) is 5.32 Å². The van der Waals surface area contributed by atoms with Crippen molar-refractivity contribution < 1.29 is 4.79 Å². The number of amides is 1. The van der Waals surface area contributed by atoms with Crippen molar-refractivity contribution in [3.05, 3.63) is 62.2 Å². The van der Waals surface area contributed by atoms with Gasteiger partial charge >= 0.3 is 0 Å². The summed E-state index contributed by atoms with van der Waals surface area (Å²) >= 11 is 8.23. The van der Waals surface area contributed by atoms with Crippen molar-refractivity contribution in [3.8, 4) is 5.69 Å². The average Bonchev–Trinajstić information content (AvgIpc) is 3.09. The van der Waals surface area contributed by atoms with Crippen LogP contribution in [-0.2, 0) is 0 Å². The second kappa shape index (κ2) is 6.13. The zero-order chi connectivity index (χ0) is 14.8. The molecule has 0 radical (unpaired) electrons. The standard InChI is InChI=1S/C14H9Br2N3OS/c15-12-7-11(13(16)21-12)14(20)18-9-1-3-10(4-2-9)19-6-5-17-8-19/h1-8H,(H,18,20). The fourth-order valence-electron chi connectivity index (χ4n) is 1.82. The average molecular weight is 427 g/mol. The Hall–Kier alpha value is -1.44. The summed E-state index contributed by atoms with van der Waals surface area (Å²) < 4.78 is 3.62. The summed E-state index contributed by atoms with van der Waals surface area (Å²) in [5.74, 6) is -0.140. The number of nitrogens with one attached hydrogen (secondary N) is 1. The van der Waals surface area contributed by atoms with Crippen LogP contribution in [0.1, 0.15) is 10.4 Å². The summed E-state index contributed by atoms with van der Waals surface area (Å²) in [5, 5.41) is 2.88. The number of aromatic nitrogens is 2. The minimum absolute atomic E-state index is 0.140. The first kappa shape index (κ1) is 14.5. The number of carbonyl (C=O) groups is 1. The highest BCUT2D eigenvalue weighted by atomic mass is 79.9. The van der Waals surface area contributed by atoms with Gasteiger partial charge < -0.3 is 9.88 Å². The quantitative estimate of drug-likeness (QED) is 0.659. The van der Waals surface area contributed by atoms with Crippen molar-refractivity contribution >= 4 is 54.8 Å². The molecule has 106 valence electrons. The highest BCUT2D eigenvalue weighted by Crippen LogP contribution is 2.32. The van der Waals surface area contributed by atoms with Gasteiger partial charge in [-0.25, -0.2) is 4.98 Å². The largest absolute Gasteiger partial charge is 0.322 e. The second-order valence-corrected chi connectivity index (χ2v) is 7.96. The molecule has 0 bridgehead atoms. The smallest absolute Gasteiger partial charge is 0.257 e. The summed E-state index contributed by atoms with van der Waals surface area (Å²) in [7, 11) is 0. The van der Waals surface area contributed by atoms with E-state index in [0.717, 1.165) is 18.9 Å². The molecule has 3 aromatic rings. The lowest BCUT2D eigenvalue weighted by Crippen LogP contribution is -2.11. The van der Waals surface area contributed by atoms with E-state index in [0.29, 0.717) is 5.56 Å². The van der Waals surface area contributed by atoms with Crippen LogP contribution in [0.15, 0.2) is 56.6 Å². The molecule has 0 aliphatic heterocycles. The Morgan fingerprint density at radius 2 is 2.00 bits per heavy atom. The normalized spacial score (nSPS) is 10.6. The monoisotopic (exact) mass is 425 g/mol. The number of benzene rings is 1. The maximum absolute atomic E-state index is 12.2. The zero-order valence-electron chi connectivity index (χ0n) is 10.6. The predicted octanol–water partition coefficient (Wildman–Crippen LogP) is 4.71. The topological polar surface area (TPSA) is 46.9 Å².